The molecule has 0 saturated carbocycles. The molecule has 3 N–H and O–H groups in total. The van der Waals surface area contributed by atoms with Gasteiger partial charge in [-0.15, -0.1) is 0 Å². The normalized spacial score (nSPS) is 10.1. The number of halogens is 2. The van der Waals surface area contributed by atoms with Crippen LogP contribution in [-0.4, -0.2) is 11.0 Å². The van der Waals surface area contributed by atoms with Gasteiger partial charge in [0.25, 0.3) is 5.91 Å². The monoisotopic (exact) mass is 413 g/mol. The molecule has 148 valence electrons. The summed E-state index contributed by atoms with van der Waals surface area (Å²) in [6.07, 6.45) is 0. The van der Waals surface area contributed by atoms with E-state index in [2.05, 4.69) is 16.2 Å². The number of para-hydroxylation sites is 1. The summed E-state index contributed by atoms with van der Waals surface area (Å²) in [6.45, 7) is 0.236. The predicted molar refractivity (Wildman–Crippen MR) is 110 cm³/mol. The van der Waals surface area contributed by atoms with Gasteiger partial charge in [0.05, 0.1) is 5.69 Å². The van der Waals surface area contributed by atoms with E-state index in [4.69, 9.17) is 17.0 Å². The zero-order valence-corrected chi connectivity index (χ0v) is 15.9. The predicted octanol–water partition coefficient (Wildman–Crippen LogP) is 4.18. The standard InChI is InChI=1S/C21H17F2N3O2S/c22-16-10-8-14(9-11-16)13-28-17-5-3-4-15(12-17)20(27)25-26-21(29)24-19-7-2-1-6-18(19)23/h1-12H,13H2,(H,25,27)(H2,24,26,29). The second-order valence-corrected chi connectivity index (χ2v) is 6.36. The number of thiocarbonyl (C=S) groups is 1. The Bertz CT molecular complexity index is 1010. The highest BCUT2D eigenvalue weighted by Crippen LogP contribution is 2.16. The lowest BCUT2D eigenvalue weighted by atomic mass is 10.2. The summed E-state index contributed by atoms with van der Waals surface area (Å²) in [5.74, 6) is -0.750. The van der Waals surface area contributed by atoms with E-state index < -0.39 is 11.7 Å². The van der Waals surface area contributed by atoms with Crippen molar-refractivity contribution in [1.82, 2.24) is 10.9 Å². The topological polar surface area (TPSA) is 62.4 Å². The van der Waals surface area contributed by atoms with Crippen molar-refractivity contribution in [3.05, 3.63) is 95.6 Å². The van der Waals surface area contributed by atoms with Gasteiger partial charge in [0, 0.05) is 5.56 Å². The summed E-state index contributed by atoms with van der Waals surface area (Å²) in [7, 11) is 0. The molecule has 0 heterocycles. The number of anilines is 1. The Morgan fingerprint density at radius 2 is 1.69 bits per heavy atom. The molecule has 0 aliphatic heterocycles. The Morgan fingerprint density at radius 1 is 0.931 bits per heavy atom. The number of nitrogens with one attached hydrogen (secondary N) is 3. The maximum Gasteiger partial charge on any atom is 0.269 e. The van der Waals surface area contributed by atoms with E-state index in [1.807, 2.05) is 0 Å². The van der Waals surface area contributed by atoms with Gasteiger partial charge in [-0.1, -0.05) is 30.3 Å². The van der Waals surface area contributed by atoms with Crippen molar-refractivity contribution in [2.75, 3.05) is 5.32 Å². The van der Waals surface area contributed by atoms with Gasteiger partial charge in [0.1, 0.15) is 24.0 Å². The molecule has 0 saturated heterocycles. The van der Waals surface area contributed by atoms with Crippen molar-refractivity contribution in [3.63, 3.8) is 0 Å². The van der Waals surface area contributed by atoms with E-state index >= 15 is 0 Å². The van der Waals surface area contributed by atoms with Crippen LogP contribution in [0.25, 0.3) is 0 Å². The van der Waals surface area contributed by atoms with Crippen LogP contribution in [0.15, 0.2) is 72.8 Å². The van der Waals surface area contributed by atoms with Crippen LogP contribution < -0.4 is 20.9 Å². The number of rotatable bonds is 5. The van der Waals surface area contributed by atoms with Crippen molar-refractivity contribution in [1.29, 1.82) is 0 Å². The van der Waals surface area contributed by atoms with Crippen LogP contribution in [0.2, 0.25) is 0 Å². The first-order valence-corrected chi connectivity index (χ1v) is 9.01. The largest absolute Gasteiger partial charge is 0.489 e. The van der Waals surface area contributed by atoms with Crippen LogP contribution >= 0.6 is 12.2 Å². The summed E-state index contributed by atoms with van der Waals surface area (Å²) in [4.78, 5) is 12.3. The van der Waals surface area contributed by atoms with E-state index in [1.54, 1.807) is 48.5 Å². The molecule has 0 fully saturated rings. The molecule has 5 nitrogen and oxygen atoms in total. The number of carbonyl (C=O) groups is 1. The van der Waals surface area contributed by atoms with Gasteiger partial charge in [-0.3, -0.25) is 15.6 Å². The molecule has 0 spiro atoms. The fourth-order valence-electron chi connectivity index (χ4n) is 2.38. The highest BCUT2D eigenvalue weighted by Gasteiger charge is 2.08. The third kappa shape index (κ3) is 5.98. The Hall–Kier alpha value is -3.52. The molecule has 29 heavy (non-hydrogen) atoms. The fourth-order valence-corrected chi connectivity index (χ4v) is 2.54. The number of hydrogen-bond acceptors (Lipinski definition) is 3. The molecule has 1 amide bonds. The van der Waals surface area contributed by atoms with Gasteiger partial charge in [0.2, 0.25) is 0 Å². The van der Waals surface area contributed by atoms with Crippen molar-refractivity contribution < 1.29 is 18.3 Å². The minimum atomic E-state index is -0.464. The van der Waals surface area contributed by atoms with Crippen LogP contribution in [0.1, 0.15) is 15.9 Å². The smallest absolute Gasteiger partial charge is 0.269 e. The Kier molecular flexibility index (Phi) is 6.70. The number of hydrazine groups is 1. The number of hydrogen-bond donors (Lipinski definition) is 3. The van der Waals surface area contributed by atoms with Gasteiger partial charge in [-0.25, -0.2) is 8.78 Å². The maximum absolute atomic E-state index is 13.6. The molecule has 3 rings (SSSR count). The average molecular weight is 413 g/mol. The zero-order chi connectivity index (χ0) is 20.6. The second kappa shape index (κ2) is 9.61. The lowest BCUT2D eigenvalue weighted by molar-refractivity contribution is 0.0943. The van der Waals surface area contributed by atoms with E-state index in [1.165, 1.54) is 24.3 Å². The van der Waals surface area contributed by atoms with Crippen molar-refractivity contribution >= 4 is 28.9 Å². The number of carbonyl (C=O) groups excluding carboxylic acids is 1. The SMILES string of the molecule is O=C(NNC(=S)Nc1ccccc1F)c1cccc(OCc2ccc(F)cc2)c1. The molecule has 0 aliphatic rings. The van der Waals surface area contributed by atoms with Gasteiger partial charge in [-0.2, -0.15) is 0 Å². The number of benzene rings is 3. The average Bonchev–Trinajstić information content (AvgIpc) is 2.73. The van der Waals surface area contributed by atoms with E-state index in [9.17, 15) is 13.6 Å². The number of amides is 1. The van der Waals surface area contributed by atoms with Crippen molar-refractivity contribution in [2.45, 2.75) is 6.61 Å². The molecule has 3 aromatic rings. The first-order valence-electron chi connectivity index (χ1n) is 8.60. The zero-order valence-electron chi connectivity index (χ0n) is 15.1. The lowest BCUT2D eigenvalue weighted by Gasteiger charge is -2.12. The summed E-state index contributed by atoms with van der Waals surface area (Å²) in [5.41, 5.74) is 6.28. The minimum absolute atomic E-state index is 0.0344. The first kappa shape index (κ1) is 20.2. The fraction of sp³-hybridized carbons (Fsp3) is 0.0476. The molecule has 0 bridgehead atoms. The van der Waals surface area contributed by atoms with E-state index in [0.29, 0.717) is 11.3 Å². The quantitative estimate of drug-likeness (QED) is 0.433. The van der Waals surface area contributed by atoms with Crippen molar-refractivity contribution in [2.24, 2.45) is 0 Å². The Balaban J connectivity index is 1.52. The molecule has 0 radical (unpaired) electrons. The van der Waals surface area contributed by atoms with Crippen LogP contribution in [0.5, 0.6) is 5.75 Å². The van der Waals surface area contributed by atoms with Gasteiger partial charge >= 0.3 is 0 Å². The summed E-state index contributed by atoms with van der Waals surface area (Å²) >= 11 is 5.04. The number of ether oxygens (including phenoxy) is 1. The van der Waals surface area contributed by atoms with Crippen LogP contribution in [0, 0.1) is 11.6 Å². The highest BCUT2D eigenvalue weighted by atomic mass is 32.1. The Labute approximate surface area is 171 Å². The van der Waals surface area contributed by atoms with Gasteiger partial charge in [0.15, 0.2) is 5.11 Å². The van der Waals surface area contributed by atoms with Crippen LogP contribution in [-0.2, 0) is 6.61 Å². The molecule has 0 aromatic heterocycles. The third-order valence-electron chi connectivity index (χ3n) is 3.83. The van der Waals surface area contributed by atoms with Gasteiger partial charge < -0.3 is 10.1 Å². The summed E-state index contributed by atoms with van der Waals surface area (Å²) < 4.78 is 32.2. The highest BCUT2D eigenvalue weighted by molar-refractivity contribution is 7.80. The second-order valence-electron chi connectivity index (χ2n) is 5.96. The first-order chi connectivity index (χ1) is 14.0. The van der Waals surface area contributed by atoms with Crippen LogP contribution in [0.3, 0.4) is 0 Å². The molecule has 8 heteroatoms. The Morgan fingerprint density at radius 3 is 2.45 bits per heavy atom. The van der Waals surface area contributed by atoms with E-state index in [0.717, 1.165) is 5.56 Å². The molecule has 0 aliphatic carbocycles. The lowest BCUT2D eigenvalue weighted by Crippen LogP contribution is -2.43. The maximum atomic E-state index is 13.6. The summed E-state index contributed by atoms with van der Waals surface area (Å²) in [6, 6.07) is 18.5. The van der Waals surface area contributed by atoms with Gasteiger partial charge in [-0.05, 0) is 60.2 Å². The molecule has 0 atom stereocenters. The van der Waals surface area contributed by atoms with Crippen molar-refractivity contribution in [3.8, 4) is 5.75 Å². The molecular weight excluding hydrogens is 396 g/mol. The minimum Gasteiger partial charge on any atom is -0.489 e. The van der Waals surface area contributed by atoms with E-state index in [-0.39, 0.29) is 23.2 Å². The third-order valence-corrected chi connectivity index (χ3v) is 4.03. The molecule has 0 unspecified atom stereocenters. The summed E-state index contributed by atoms with van der Waals surface area (Å²) in [5, 5.41) is 2.68. The molecular formula is C21H17F2N3O2S. The molecule has 3 aromatic carbocycles. The van der Waals surface area contributed by atoms with Crippen LogP contribution in [0.4, 0.5) is 14.5 Å².